The van der Waals surface area contributed by atoms with Crippen LogP contribution >= 0.6 is 11.3 Å². The lowest BCUT2D eigenvalue weighted by Crippen LogP contribution is -2.40. The van der Waals surface area contributed by atoms with E-state index in [-0.39, 0.29) is 0 Å². The fourth-order valence-corrected chi connectivity index (χ4v) is 2.89. The molecule has 1 aliphatic rings. The molecule has 3 unspecified atom stereocenters. The molecule has 4 heteroatoms. The largest absolute Gasteiger partial charge is 0.377 e. The Morgan fingerprint density at radius 3 is 3.12 bits per heavy atom. The Morgan fingerprint density at radius 2 is 2.56 bits per heavy atom. The van der Waals surface area contributed by atoms with Crippen molar-refractivity contribution in [2.75, 3.05) is 6.61 Å². The summed E-state index contributed by atoms with van der Waals surface area (Å²) in [6.45, 7) is 5.35. The van der Waals surface area contributed by atoms with Crippen LogP contribution in [0.15, 0.2) is 11.7 Å². The van der Waals surface area contributed by atoms with Crippen molar-refractivity contribution in [1.82, 2.24) is 10.3 Å². The van der Waals surface area contributed by atoms with E-state index < -0.39 is 0 Å². The number of rotatable bonds is 5. The van der Waals surface area contributed by atoms with E-state index in [0.29, 0.717) is 18.2 Å². The highest BCUT2D eigenvalue weighted by atomic mass is 32.1. The zero-order valence-electron chi connectivity index (χ0n) is 9.98. The summed E-state index contributed by atoms with van der Waals surface area (Å²) in [4.78, 5) is 5.42. The molecule has 0 aliphatic carbocycles. The van der Waals surface area contributed by atoms with Gasteiger partial charge in [0, 0.05) is 29.8 Å². The molecule has 2 heterocycles. The molecule has 0 bridgehead atoms. The van der Waals surface area contributed by atoms with Gasteiger partial charge < -0.3 is 10.1 Å². The van der Waals surface area contributed by atoms with Crippen molar-refractivity contribution in [2.24, 2.45) is 0 Å². The van der Waals surface area contributed by atoms with Crippen molar-refractivity contribution in [3.63, 3.8) is 0 Å². The van der Waals surface area contributed by atoms with E-state index >= 15 is 0 Å². The second kappa shape index (κ2) is 5.75. The molecule has 0 radical (unpaired) electrons. The second-order valence-electron chi connectivity index (χ2n) is 4.36. The molecular formula is C12H20N2OS. The quantitative estimate of drug-likeness (QED) is 0.859. The normalized spacial score (nSPS) is 24.5. The molecular weight excluding hydrogens is 220 g/mol. The van der Waals surface area contributed by atoms with E-state index in [2.05, 4.69) is 24.1 Å². The fourth-order valence-electron chi connectivity index (χ4n) is 2.25. The maximum Gasteiger partial charge on any atom is 0.0794 e. The first kappa shape index (κ1) is 12.0. The maximum absolute atomic E-state index is 5.75. The molecule has 1 N–H and O–H groups in total. The smallest absolute Gasteiger partial charge is 0.0794 e. The van der Waals surface area contributed by atoms with Crippen LogP contribution in [0.25, 0.3) is 0 Å². The molecule has 1 aromatic rings. The Hall–Kier alpha value is -0.450. The molecule has 0 amide bonds. The Labute approximate surface area is 101 Å². The highest BCUT2D eigenvalue weighted by Crippen LogP contribution is 2.22. The van der Waals surface area contributed by atoms with Crippen LogP contribution in [-0.4, -0.2) is 23.7 Å². The number of hydrogen-bond acceptors (Lipinski definition) is 4. The number of nitrogens with zero attached hydrogens (tertiary/aromatic N) is 1. The van der Waals surface area contributed by atoms with Crippen LogP contribution < -0.4 is 5.32 Å². The number of hydrogen-bond donors (Lipinski definition) is 1. The minimum atomic E-state index is 0.377. The Morgan fingerprint density at radius 1 is 1.69 bits per heavy atom. The van der Waals surface area contributed by atoms with Gasteiger partial charge in [0.1, 0.15) is 0 Å². The summed E-state index contributed by atoms with van der Waals surface area (Å²) >= 11 is 1.71. The average molecular weight is 240 g/mol. The van der Waals surface area contributed by atoms with Gasteiger partial charge in [-0.25, -0.2) is 0 Å². The molecule has 0 spiro atoms. The maximum atomic E-state index is 5.75. The van der Waals surface area contributed by atoms with Crippen LogP contribution in [0.3, 0.4) is 0 Å². The molecule has 90 valence electrons. The van der Waals surface area contributed by atoms with Crippen molar-refractivity contribution >= 4 is 11.3 Å². The van der Waals surface area contributed by atoms with E-state index in [4.69, 9.17) is 4.74 Å². The molecule has 1 aliphatic heterocycles. The number of ether oxygens (including phenoxy) is 1. The van der Waals surface area contributed by atoms with E-state index in [9.17, 15) is 0 Å². The first-order chi connectivity index (χ1) is 7.81. The Balaban J connectivity index is 1.90. The van der Waals surface area contributed by atoms with Gasteiger partial charge in [0.25, 0.3) is 0 Å². The van der Waals surface area contributed by atoms with Gasteiger partial charge in [0.05, 0.1) is 11.6 Å². The molecule has 0 saturated carbocycles. The summed E-state index contributed by atoms with van der Waals surface area (Å²) in [7, 11) is 0. The first-order valence-corrected chi connectivity index (χ1v) is 6.95. The predicted molar refractivity (Wildman–Crippen MR) is 66.7 cm³/mol. The highest BCUT2D eigenvalue weighted by molar-refractivity contribution is 7.09. The molecule has 16 heavy (non-hydrogen) atoms. The summed E-state index contributed by atoms with van der Waals surface area (Å²) < 4.78 is 5.75. The van der Waals surface area contributed by atoms with Gasteiger partial charge in [0.15, 0.2) is 0 Å². The monoisotopic (exact) mass is 240 g/mol. The minimum absolute atomic E-state index is 0.377. The zero-order chi connectivity index (χ0) is 11.4. The molecule has 1 saturated heterocycles. The summed E-state index contributed by atoms with van der Waals surface area (Å²) in [5.74, 6) is 0. The lowest BCUT2D eigenvalue weighted by atomic mass is 10.0. The van der Waals surface area contributed by atoms with Crippen molar-refractivity contribution in [2.45, 2.75) is 51.3 Å². The minimum Gasteiger partial charge on any atom is -0.377 e. The topological polar surface area (TPSA) is 34.2 Å². The third-order valence-corrected chi connectivity index (χ3v) is 4.15. The predicted octanol–water partition coefficient (Wildman–Crippen LogP) is 2.75. The number of thiazole rings is 1. The van der Waals surface area contributed by atoms with E-state index in [1.807, 2.05) is 11.7 Å². The number of aromatic nitrogens is 1. The first-order valence-electron chi connectivity index (χ1n) is 6.07. The molecule has 3 nitrogen and oxygen atoms in total. The molecule has 2 rings (SSSR count). The lowest BCUT2D eigenvalue weighted by molar-refractivity contribution is 0.0736. The van der Waals surface area contributed by atoms with Crippen LogP contribution in [0.1, 0.15) is 44.0 Å². The van der Waals surface area contributed by atoms with E-state index in [0.717, 1.165) is 13.0 Å². The van der Waals surface area contributed by atoms with Crippen molar-refractivity contribution in [3.05, 3.63) is 16.6 Å². The number of nitrogens with one attached hydrogen (secondary N) is 1. The molecule has 1 aromatic heterocycles. The van der Waals surface area contributed by atoms with Crippen molar-refractivity contribution in [3.8, 4) is 0 Å². The third kappa shape index (κ3) is 2.81. The Bertz CT molecular complexity index is 296. The van der Waals surface area contributed by atoms with E-state index in [1.165, 1.54) is 17.7 Å². The third-order valence-electron chi connectivity index (χ3n) is 3.20. The van der Waals surface area contributed by atoms with Crippen molar-refractivity contribution < 1.29 is 4.74 Å². The SMILES string of the molecule is CCC(NC(C)c1cncs1)C1CCCO1. The molecule has 3 atom stereocenters. The van der Waals surface area contributed by atoms with Gasteiger partial charge in [-0.3, -0.25) is 4.98 Å². The van der Waals surface area contributed by atoms with Crippen LogP contribution in [-0.2, 0) is 4.74 Å². The van der Waals surface area contributed by atoms with Crippen molar-refractivity contribution in [1.29, 1.82) is 0 Å². The average Bonchev–Trinajstić information content (AvgIpc) is 2.96. The second-order valence-corrected chi connectivity index (χ2v) is 5.28. The van der Waals surface area contributed by atoms with Gasteiger partial charge in [-0.2, -0.15) is 0 Å². The standard InChI is InChI=1S/C12H20N2OS/c1-3-10(11-5-4-6-15-11)14-9(2)12-7-13-8-16-12/h7-11,14H,3-6H2,1-2H3. The van der Waals surface area contributed by atoms with Crippen LogP contribution in [0.5, 0.6) is 0 Å². The Kier molecular flexibility index (Phi) is 4.32. The van der Waals surface area contributed by atoms with Crippen LogP contribution in [0.4, 0.5) is 0 Å². The summed E-state index contributed by atoms with van der Waals surface area (Å²) in [5.41, 5.74) is 1.89. The lowest BCUT2D eigenvalue weighted by Gasteiger charge is -2.26. The molecule has 1 fully saturated rings. The summed E-state index contributed by atoms with van der Waals surface area (Å²) in [6, 6.07) is 0.848. The summed E-state index contributed by atoms with van der Waals surface area (Å²) in [6.07, 6.45) is 5.87. The van der Waals surface area contributed by atoms with Gasteiger partial charge >= 0.3 is 0 Å². The van der Waals surface area contributed by atoms with Gasteiger partial charge in [-0.05, 0) is 26.2 Å². The van der Waals surface area contributed by atoms with Crippen LogP contribution in [0, 0.1) is 0 Å². The van der Waals surface area contributed by atoms with E-state index in [1.54, 1.807) is 11.3 Å². The fraction of sp³-hybridized carbons (Fsp3) is 0.750. The summed E-state index contributed by atoms with van der Waals surface area (Å²) in [5, 5.41) is 3.66. The molecule has 0 aromatic carbocycles. The van der Waals surface area contributed by atoms with Gasteiger partial charge in [-0.1, -0.05) is 6.92 Å². The van der Waals surface area contributed by atoms with Gasteiger partial charge in [0.2, 0.25) is 0 Å². The van der Waals surface area contributed by atoms with Crippen LogP contribution in [0.2, 0.25) is 0 Å². The highest BCUT2D eigenvalue weighted by Gasteiger charge is 2.25. The van der Waals surface area contributed by atoms with Gasteiger partial charge in [-0.15, -0.1) is 11.3 Å². The zero-order valence-corrected chi connectivity index (χ0v) is 10.8.